The predicted octanol–water partition coefficient (Wildman–Crippen LogP) is 1.80. The number of benzene rings is 1. The molecule has 0 atom stereocenters. The molecule has 5 N–H and O–H groups in total. The van der Waals surface area contributed by atoms with Crippen molar-refractivity contribution in [2.24, 2.45) is 5.73 Å². The van der Waals surface area contributed by atoms with Crippen molar-refractivity contribution < 1.29 is 9.90 Å². The lowest BCUT2D eigenvalue weighted by molar-refractivity contribution is 0.100. The number of primary amides is 1. The fourth-order valence-electron chi connectivity index (χ4n) is 2.91. The van der Waals surface area contributed by atoms with Crippen LogP contribution in [0.5, 0.6) is 5.75 Å². The lowest BCUT2D eigenvalue weighted by atomic mass is 10.1. The van der Waals surface area contributed by atoms with E-state index in [4.69, 9.17) is 11.5 Å². The van der Waals surface area contributed by atoms with Gasteiger partial charge in [0.25, 0.3) is 5.91 Å². The first kappa shape index (κ1) is 16.3. The number of carbonyl (C=O) groups excluding carboxylic acids is 1. The van der Waals surface area contributed by atoms with Crippen molar-refractivity contribution in [3.05, 3.63) is 40.8 Å². The zero-order valence-corrected chi connectivity index (χ0v) is 14.1. The Morgan fingerprint density at radius 1 is 1.32 bits per heavy atom. The monoisotopic (exact) mass is 335 g/mol. The molecule has 0 saturated heterocycles. The molecule has 3 rings (SSSR count). The molecule has 0 saturated carbocycles. The van der Waals surface area contributed by atoms with E-state index >= 15 is 0 Å². The van der Waals surface area contributed by atoms with Crippen LogP contribution in [0.1, 0.15) is 34.2 Å². The molecule has 0 radical (unpaired) electrons. The maximum absolute atomic E-state index is 11.9. The number of fused-ring (bicyclic) bond motifs is 1. The van der Waals surface area contributed by atoms with E-state index < -0.39 is 5.91 Å². The molecule has 0 spiro atoms. The van der Waals surface area contributed by atoms with Gasteiger partial charge < -0.3 is 16.6 Å². The lowest BCUT2D eigenvalue weighted by Gasteiger charge is -2.15. The van der Waals surface area contributed by atoms with Gasteiger partial charge in [-0.2, -0.15) is 0 Å². The first-order valence-electron chi connectivity index (χ1n) is 7.55. The zero-order valence-electron chi connectivity index (χ0n) is 14.1. The van der Waals surface area contributed by atoms with E-state index in [0.717, 1.165) is 5.56 Å². The van der Waals surface area contributed by atoms with Crippen LogP contribution in [0.25, 0.3) is 16.7 Å². The molecule has 0 aliphatic rings. The van der Waals surface area contributed by atoms with Gasteiger partial charge in [-0.15, -0.1) is 0 Å². The molecular weight excluding hydrogens is 318 g/mol. The van der Waals surface area contributed by atoms with Crippen LogP contribution in [0.4, 0.5) is 5.82 Å². The highest BCUT2D eigenvalue weighted by molar-refractivity contribution is 6.10. The summed E-state index contributed by atoms with van der Waals surface area (Å²) in [6.07, 6.45) is 1.49. The van der Waals surface area contributed by atoms with Crippen molar-refractivity contribution in [3.8, 4) is 23.3 Å². The molecule has 2 heterocycles. The third-order valence-electron chi connectivity index (χ3n) is 4.06. The molecule has 0 aliphatic carbocycles. The smallest absolute Gasteiger partial charge is 0.253 e. The van der Waals surface area contributed by atoms with Crippen LogP contribution in [-0.4, -0.2) is 25.5 Å². The molecule has 126 valence electrons. The number of hydrogen-bond acceptors (Lipinski definition) is 5. The summed E-state index contributed by atoms with van der Waals surface area (Å²) in [7, 11) is 0. The molecule has 7 heteroatoms. The van der Waals surface area contributed by atoms with E-state index in [2.05, 4.69) is 21.8 Å². The highest BCUT2D eigenvalue weighted by Gasteiger charge is 2.24. The summed E-state index contributed by atoms with van der Waals surface area (Å²) < 4.78 is 1.61. The maximum Gasteiger partial charge on any atom is 0.253 e. The van der Waals surface area contributed by atoms with Crippen molar-refractivity contribution in [2.75, 3.05) is 5.73 Å². The van der Waals surface area contributed by atoms with Gasteiger partial charge in [0.15, 0.2) is 5.65 Å². The Morgan fingerprint density at radius 2 is 2.04 bits per heavy atom. The molecule has 0 fully saturated rings. The Labute approximate surface area is 144 Å². The van der Waals surface area contributed by atoms with Crippen LogP contribution in [-0.2, 0) is 0 Å². The Balaban J connectivity index is 2.52. The number of aromatic hydroxyl groups is 1. The number of anilines is 1. The van der Waals surface area contributed by atoms with Gasteiger partial charge in [-0.1, -0.05) is 12.0 Å². The van der Waals surface area contributed by atoms with Crippen LogP contribution in [0, 0.1) is 25.7 Å². The molecule has 0 bridgehead atoms. The van der Waals surface area contributed by atoms with Crippen LogP contribution in [0.2, 0.25) is 0 Å². The number of rotatable bonds is 2. The second-order valence-electron chi connectivity index (χ2n) is 5.64. The number of nitrogens with two attached hydrogens (primary N) is 2. The fraction of sp³-hybridized carbons (Fsp3) is 0.167. The minimum Gasteiger partial charge on any atom is -0.508 e. The van der Waals surface area contributed by atoms with E-state index in [1.54, 1.807) is 30.5 Å². The average Bonchev–Trinajstić information content (AvgIpc) is 2.84. The van der Waals surface area contributed by atoms with Gasteiger partial charge in [0.05, 0.1) is 16.6 Å². The molecular formula is C18H17N5O2. The largest absolute Gasteiger partial charge is 0.508 e. The van der Waals surface area contributed by atoms with Gasteiger partial charge in [0.1, 0.15) is 11.6 Å². The van der Waals surface area contributed by atoms with E-state index in [1.807, 2.05) is 6.92 Å². The number of aryl methyl sites for hydroxylation is 1. The Morgan fingerprint density at radius 3 is 2.68 bits per heavy atom. The number of carbonyl (C=O) groups is 1. The molecule has 25 heavy (non-hydrogen) atoms. The predicted molar refractivity (Wildman–Crippen MR) is 95.5 cm³/mol. The van der Waals surface area contributed by atoms with Gasteiger partial charge in [-0.25, -0.2) is 9.97 Å². The summed E-state index contributed by atoms with van der Waals surface area (Å²) in [4.78, 5) is 20.5. The van der Waals surface area contributed by atoms with Crippen molar-refractivity contribution >= 4 is 22.8 Å². The topological polar surface area (TPSA) is 120 Å². The van der Waals surface area contributed by atoms with Crippen molar-refractivity contribution in [3.63, 3.8) is 0 Å². The van der Waals surface area contributed by atoms with Gasteiger partial charge in [0.2, 0.25) is 5.82 Å². The zero-order chi connectivity index (χ0) is 18.3. The SMILES string of the molecule is CC#Cc1ncc2c(C(N)=O)c(N)n(-c3c(C)ccc(O)c3C)c2n1. The first-order chi connectivity index (χ1) is 11.9. The second-order valence-corrected chi connectivity index (χ2v) is 5.64. The number of phenolic OH excluding ortho intramolecular Hbond substituents is 1. The third kappa shape index (κ3) is 2.44. The van der Waals surface area contributed by atoms with Gasteiger partial charge in [-0.3, -0.25) is 9.36 Å². The normalized spacial score (nSPS) is 10.5. The number of nitrogen functional groups attached to an aromatic ring is 1. The van der Waals surface area contributed by atoms with Crippen molar-refractivity contribution in [2.45, 2.75) is 20.8 Å². The summed E-state index contributed by atoms with van der Waals surface area (Å²) in [6.45, 7) is 5.32. The summed E-state index contributed by atoms with van der Waals surface area (Å²) in [6, 6.07) is 3.37. The molecule has 3 aromatic rings. The Kier molecular flexibility index (Phi) is 3.81. The second kappa shape index (κ2) is 5.83. The van der Waals surface area contributed by atoms with Crippen LogP contribution < -0.4 is 11.5 Å². The molecule has 1 aromatic carbocycles. The highest BCUT2D eigenvalue weighted by atomic mass is 16.3. The summed E-state index contributed by atoms with van der Waals surface area (Å²) in [5.41, 5.74) is 14.4. The minimum atomic E-state index is -0.672. The highest BCUT2D eigenvalue weighted by Crippen LogP contribution is 2.35. The summed E-state index contributed by atoms with van der Waals surface area (Å²) in [5.74, 6) is 5.42. The number of hydrogen-bond donors (Lipinski definition) is 3. The summed E-state index contributed by atoms with van der Waals surface area (Å²) in [5, 5.41) is 10.5. The van der Waals surface area contributed by atoms with Crippen molar-refractivity contribution in [1.82, 2.24) is 14.5 Å². The number of nitrogens with zero attached hydrogens (tertiary/aromatic N) is 3. The Hall–Kier alpha value is -3.53. The van der Waals surface area contributed by atoms with Gasteiger partial charge in [0, 0.05) is 11.8 Å². The van der Waals surface area contributed by atoms with Crippen LogP contribution in [0.3, 0.4) is 0 Å². The van der Waals surface area contributed by atoms with Crippen LogP contribution in [0.15, 0.2) is 18.3 Å². The third-order valence-corrected chi connectivity index (χ3v) is 4.06. The van der Waals surface area contributed by atoms with Gasteiger partial charge >= 0.3 is 0 Å². The minimum absolute atomic E-state index is 0.116. The molecule has 2 aromatic heterocycles. The van der Waals surface area contributed by atoms with Gasteiger partial charge in [-0.05, 0) is 38.3 Å². The standard InChI is InChI=1S/C18H17N5O2/c1-4-5-13-21-8-11-14(17(20)25)16(19)23(18(11)22-13)15-9(2)6-7-12(24)10(15)3/h6-8,24H,19H2,1-3H3,(H2,20,25). The van der Waals surface area contributed by atoms with Crippen molar-refractivity contribution in [1.29, 1.82) is 0 Å². The number of phenols is 1. The molecule has 0 unspecified atom stereocenters. The van der Waals surface area contributed by atoms with E-state index in [0.29, 0.717) is 28.1 Å². The maximum atomic E-state index is 11.9. The fourth-order valence-corrected chi connectivity index (χ4v) is 2.91. The Bertz CT molecular complexity index is 1090. The van der Waals surface area contributed by atoms with Crippen LogP contribution >= 0.6 is 0 Å². The van der Waals surface area contributed by atoms with E-state index in [1.165, 1.54) is 6.20 Å². The molecule has 0 aliphatic heterocycles. The van der Waals surface area contributed by atoms with E-state index in [9.17, 15) is 9.90 Å². The van der Waals surface area contributed by atoms with E-state index in [-0.39, 0.29) is 17.1 Å². The summed E-state index contributed by atoms with van der Waals surface area (Å²) >= 11 is 0. The molecule has 1 amide bonds. The lowest BCUT2D eigenvalue weighted by Crippen LogP contribution is -2.14. The number of aromatic nitrogens is 3. The molecule has 7 nitrogen and oxygen atoms in total. The first-order valence-corrected chi connectivity index (χ1v) is 7.55. The number of amides is 1. The average molecular weight is 335 g/mol. The quantitative estimate of drug-likeness (QED) is 0.617.